The number of halogens is 3. The zero-order chi connectivity index (χ0) is 19.8. The van der Waals surface area contributed by atoms with Crippen LogP contribution < -0.4 is 10.1 Å². The first kappa shape index (κ1) is 21.4. The number of esters is 1. The first-order chi connectivity index (χ1) is 12.9. The molecule has 0 saturated heterocycles. The minimum atomic E-state index is -1.00. The number of para-hydroxylation sites is 1. The van der Waals surface area contributed by atoms with Crippen LogP contribution in [0, 0.1) is 0 Å². The summed E-state index contributed by atoms with van der Waals surface area (Å²) in [4.78, 5) is 24.1. The van der Waals surface area contributed by atoms with E-state index in [1.165, 1.54) is 19.1 Å². The van der Waals surface area contributed by atoms with Gasteiger partial charge in [-0.25, -0.2) is 0 Å². The molecule has 2 rings (SSSR count). The molecule has 0 aliphatic rings. The minimum absolute atomic E-state index is 0.132. The standard InChI is InChI=1S/C19H18Cl3NO4/c1-12(19(25)23-18-15(21)10-13(20)11-16(18)22)27-17(24)8-5-9-26-14-6-3-2-4-7-14/h2-4,6-7,10-12H,5,8-9H2,1H3,(H,23,25). The lowest BCUT2D eigenvalue weighted by molar-refractivity contribution is -0.153. The van der Waals surface area contributed by atoms with E-state index in [0.717, 1.165) is 5.75 Å². The van der Waals surface area contributed by atoms with E-state index in [1.807, 2.05) is 30.3 Å². The van der Waals surface area contributed by atoms with Gasteiger partial charge in [0.1, 0.15) is 5.75 Å². The number of benzene rings is 2. The summed E-state index contributed by atoms with van der Waals surface area (Å²) in [6, 6.07) is 12.2. The monoisotopic (exact) mass is 429 g/mol. The van der Waals surface area contributed by atoms with E-state index in [1.54, 1.807) is 0 Å². The van der Waals surface area contributed by atoms with Gasteiger partial charge >= 0.3 is 5.97 Å². The first-order valence-corrected chi connectivity index (χ1v) is 9.33. The molecule has 0 heterocycles. The molecule has 1 amide bonds. The molecule has 8 heteroatoms. The molecule has 5 nitrogen and oxygen atoms in total. The molecule has 0 spiro atoms. The normalized spacial score (nSPS) is 11.6. The van der Waals surface area contributed by atoms with Gasteiger partial charge in [-0.15, -0.1) is 0 Å². The van der Waals surface area contributed by atoms with Crippen LogP contribution in [-0.4, -0.2) is 24.6 Å². The Bertz CT molecular complexity index is 776. The van der Waals surface area contributed by atoms with Crippen LogP contribution in [-0.2, 0) is 14.3 Å². The van der Waals surface area contributed by atoms with Gasteiger partial charge in [0.15, 0.2) is 6.10 Å². The summed E-state index contributed by atoms with van der Waals surface area (Å²) in [7, 11) is 0. The van der Waals surface area contributed by atoms with Crippen LogP contribution in [0.3, 0.4) is 0 Å². The zero-order valence-electron chi connectivity index (χ0n) is 14.5. The van der Waals surface area contributed by atoms with E-state index in [0.29, 0.717) is 18.1 Å². The molecule has 0 bridgehead atoms. The lowest BCUT2D eigenvalue weighted by Crippen LogP contribution is -2.30. The van der Waals surface area contributed by atoms with E-state index < -0.39 is 18.0 Å². The first-order valence-electron chi connectivity index (χ1n) is 8.19. The molecule has 0 aliphatic carbocycles. The van der Waals surface area contributed by atoms with Gasteiger partial charge in [-0.2, -0.15) is 0 Å². The van der Waals surface area contributed by atoms with Crippen LogP contribution in [0.2, 0.25) is 15.1 Å². The number of hydrogen-bond donors (Lipinski definition) is 1. The molecule has 2 aromatic rings. The van der Waals surface area contributed by atoms with E-state index in [-0.39, 0.29) is 22.2 Å². The van der Waals surface area contributed by atoms with Gasteiger partial charge in [-0.3, -0.25) is 9.59 Å². The Kier molecular flexibility index (Phi) is 8.23. The summed E-state index contributed by atoms with van der Waals surface area (Å²) in [5.41, 5.74) is 0.215. The molecule has 1 atom stereocenters. The molecule has 0 radical (unpaired) electrons. The third-order valence-corrected chi connectivity index (χ3v) is 4.28. The van der Waals surface area contributed by atoms with Crippen LogP contribution in [0.25, 0.3) is 0 Å². The Labute approximate surface area is 172 Å². The number of nitrogens with one attached hydrogen (secondary N) is 1. The molecule has 0 saturated carbocycles. The van der Waals surface area contributed by atoms with Gasteiger partial charge in [-0.1, -0.05) is 53.0 Å². The van der Waals surface area contributed by atoms with Crippen molar-refractivity contribution in [3.05, 3.63) is 57.5 Å². The predicted molar refractivity (Wildman–Crippen MR) is 107 cm³/mol. The van der Waals surface area contributed by atoms with E-state index in [4.69, 9.17) is 44.3 Å². The molecule has 1 N–H and O–H groups in total. The van der Waals surface area contributed by atoms with Gasteiger partial charge in [0.25, 0.3) is 5.91 Å². The van der Waals surface area contributed by atoms with Crippen molar-refractivity contribution in [1.82, 2.24) is 0 Å². The predicted octanol–water partition coefficient (Wildman–Crippen LogP) is 5.38. The topological polar surface area (TPSA) is 64.6 Å². The van der Waals surface area contributed by atoms with Crippen molar-refractivity contribution in [1.29, 1.82) is 0 Å². The van der Waals surface area contributed by atoms with Crippen LogP contribution in [0.15, 0.2) is 42.5 Å². The Hall–Kier alpha value is -1.95. The highest BCUT2D eigenvalue weighted by Crippen LogP contribution is 2.33. The molecular formula is C19H18Cl3NO4. The van der Waals surface area contributed by atoms with Crippen LogP contribution in [0.4, 0.5) is 5.69 Å². The van der Waals surface area contributed by atoms with Gasteiger partial charge in [0, 0.05) is 11.4 Å². The molecular weight excluding hydrogens is 413 g/mol. The highest BCUT2D eigenvalue weighted by atomic mass is 35.5. The Morgan fingerprint density at radius 2 is 1.70 bits per heavy atom. The number of ether oxygens (including phenoxy) is 2. The van der Waals surface area contributed by atoms with Crippen molar-refractivity contribution in [2.75, 3.05) is 11.9 Å². The highest BCUT2D eigenvalue weighted by molar-refractivity contribution is 6.42. The number of carbonyl (C=O) groups is 2. The lowest BCUT2D eigenvalue weighted by Gasteiger charge is -2.15. The maximum Gasteiger partial charge on any atom is 0.306 e. The van der Waals surface area contributed by atoms with Gasteiger partial charge < -0.3 is 14.8 Å². The number of anilines is 1. The molecule has 0 aliphatic heterocycles. The smallest absolute Gasteiger partial charge is 0.306 e. The van der Waals surface area contributed by atoms with E-state index in [2.05, 4.69) is 5.32 Å². The van der Waals surface area contributed by atoms with Gasteiger partial charge in [0.2, 0.25) is 0 Å². The SMILES string of the molecule is CC(OC(=O)CCCOc1ccccc1)C(=O)Nc1c(Cl)cc(Cl)cc1Cl. The Balaban J connectivity index is 1.76. The van der Waals surface area contributed by atoms with Crippen molar-refractivity contribution >= 4 is 52.4 Å². The molecule has 0 fully saturated rings. The van der Waals surface area contributed by atoms with Crippen molar-refractivity contribution < 1.29 is 19.1 Å². The summed E-state index contributed by atoms with van der Waals surface area (Å²) < 4.78 is 10.6. The second-order valence-corrected chi connectivity index (χ2v) is 6.88. The summed E-state index contributed by atoms with van der Waals surface area (Å²) in [6.07, 6.45) is -0.403. The third-order valence-electron chi connectivity index (χ3n) is 3.47. The average Bonchev–Trinajstić information content (AvgIpc) is 2.62. The molecule has 144 valence electrons. The van der Waals surface area contributed by atoms with Crippen molar-refractivity contribution in [2.24, 2.45) is 0 Å². The van der Waals surface area contributed by atoms with Crippen molar-refractivity contribution in [3.8, 4) is 5.75 Å². The van der Waals surface area contributed by atoms with Crippen molar-refractivity contribution in [3.63, 3.8) is 0 Å². The minimum Gasteiger partial charge on any atom is -0.494 e. The van der Waals surface area contributed by atoms with Crippen molar-refractivity contribution in [2.45, 2.75) is 25.9 Å². The number of rotatable bonds is 8. The second kappa shape index (κ2) is 10.4. The summed E-state index contributed by atoms with van der Waals surface area (Å²) in [5.74, 6) is -0.312. The fourth-order valence-corrected chi connectivity index (χ4v) is 3.03. The van der Waals surface area contributed by atoms with Crippen LogP contribution in [0.1, 0.15) is 19.8 Å². The average molecular weight is 431 g/mol. The highest BCUT2D eigenvalue weighted by Gasteiger charge is 2.20. The largest absolute Gasteiger partial charge is 0.494 e. The summed E-state index contributed by atoms with van der Waals surface area (Å²) >= 11 is 17.9. The molecule has 0 aromatic heterocycles. The molecule has 1 unspecified atom stereocenters. The van der Waals surface area contributed by atoms with Crippen LogP contribution >= 0.6 is 34.8 Å². The van der Waals surface area contributed by atoms with Gasteiger partial charge in [0.05, 0.1) is 22.3 Å². The van der Waals surface area contributed by atoms with Crippen LogP contribution in [0.5, 0.6) is 5.75 Å². The zero-order valence-corrected chi connectivity index (χ0v) is 16.8. The molecule has 2 aromatic carbocycles. The number of amides is 1. The number of carbonyl (C=O) groups excluding carboxylic acids is 2. The third kappa shape index (κ3) is 6.94. The fourth-order valence-electron chi connectivity index (χ4n) is 2.12. The Morgan fingerprint density at radius 1 is 1.07 bits per heavy atom. The summed E-state index contributed by atoms with van der Waals surface area (Å²) in [5, 5.41) is 3.27. The van der Waals surface area contributed by atoms with E-state index >= 15 is 0 Å². The fraction of sp³-hybridized carbons (Fsp3) is 0.263. The second-order valence-electron chi connectivity index (χ2n) is 5.63. The summed E-state index contributed by atoms with van der Waals surface area (Å²) in [6.45, 7) is 1.83. The number of hydrogen-bond acceptors (Lipinski definition) is 4. The lowest BCUT2D eigenvalue weighted by atomic mass is 10.3. The quantitative estimate of drug-likeness (QED) is 0.451. The van der Waals surface area contributed by atoms with E-state index in [9.17, 15) is 9.59 Å². The Morgan fingerprint density at radius 3 is 2.33 bits per heavy atom. The maximum atomic E-state index is 12.2. The molecule has 27 heavy (non-hydrogen) atoms. The van der Waals surface area contributed by atoms with Gasteiger partial charge in [-0.05, 0) is 37.6 Å². The maximum absolute atomic E-state index is 12.2.